The van der Waals surface area contributed by atoms with Gasteiger partial charge in [0.1, 0.15) is 5.75 Å². The molecule has 0 aliphatic carbocycles. The molecule has 0 aliphatic heterocycles. The van der Waals surface area contributed by atoms with E-state index >= 15 is 0 Å². The van der Waals surface area contributed by atoms with Gasteiger partial charge in [0.2, 0.25) is 5.91 Å². The van der Waals surface area contributed by atoms with Crippen LogP contribution in [0, 0.1) is 0 Å². The van der Waals surface area contributed by atoms with Crippen LogP contribution in [-0.4, -0.2) is 58.7 Å². The van der Waals surface area contributed by atoms with Gasteiger partial charge in [-0.2, -0.15) is 13.2 Å². The Balaban J connectivity index is 0.000000771. The van der Waals surface area contributed by atoms with E-state index in [-0.39, 0.29) is 17.6 Å². The number of carbonyl (C=O) groups is 3. The number of halogens is 4. The summed E-state index contributed by atoms with van der Waals surface area (Å²) in [5.74, 6) is -2.61. The van der Waals surface area contributed by atoms with Crippen molar-refractivity contribution in [2.45, 2.75) is 32.0 Å². The molecule has 0 unspecified atom stereocenters. The molecule has 4 rings (SSSR count). The van der Waals surface area contributed by atoms with E-state index in [4.69, 9.17) is 15.6 Å². The Hall–Kier alpha value is -4.68. The van der Waals surface area contributed by atoms with Gasteiger partial charge < -0.3 is 26.2 Å². The summed E-state index contributed by atoms with van der Waals surface area (Å²) in [5, 5.41) is 19.6. The van der Waals surface area contributed by atoms with Gasteiger partial charge in [-0.1, -0.05) is 70.5 Å². The molecule has 47 heavy (non-hydrogen) atoms. The van der Waals surface area contributed by atoms with Crippen molar-refractivity contribution in [3.05, 3.63) is 124 Å². The molecule has 0 radical (unpaired) electrons. The first-order chi connectivity index (χ1) is 22.3. The summed E-state index contributed by atoms with van der Waals surface area (Å²) < 4.78 is 32.7. The highest BCUT2D eigenvalue weighted by Gasteiger charge is 2.38. The summed E-state index contributed by atoms with van der Waals surface area (Å²) in [4.78, 5) is 36.8. The van der Waals surface area contributed by atoms with Gasteiger partial charge >= 0.3 is 12.1 Å². The number of aromatic hydroxyl groups is 1. The first-order valence-corrected chi connectivity index (χ1v) is 15.4. The highest BCUT2D eigenvalue weighted by atomic mass is 79.9. The fourth-order valence-corrected chi connectivity index (χ4v) is 4.69. The molecule has 0 saturated heterocycles. The lowest BCUT2D eigenvalue weighted by molar-refractivity contribution is -0.192. The van der Waals surface area contributed by atoms with E-state index in [2.05, 4.69) is 27.3 Å². The van der Waals surface area contributed by atoms with E-state index in [9.17, 15) is 27.9 Å². The van der Waals surface area contributed by atoms with Gasteiger partial charge in [-0.05, 0) is 89.7 Å². The standard InChI is InChI=1S/C33H34BrN3O3.C2HF3O2/c34-30-12-8-25(9-13-30)21-32(39)37(19-16-24-10-14-31(38)15-11-24)23-26-4-1-5-27(20-26)28-6-2-7-29(22-28)33(40)36-18-3-17-35;3-2(4,5)1(6)7/h1-2,4-15,20,22,38H,3,16-19,21,23,35H2,(H,36,40);(H,6,7). The average molecular weight is 715 g/mol. The van der Waals surface area contributed by atoms with Gasteiger partial charge in [0.05, 0.1) is 6.42 Å². The molecule has 248 valence electrons. The fraction of sp³-hybridized carbons (Fsp3) is 0.229. The number of hydrogen-bond donors (Lipinski definition) is 4. The summed E-state index contributed by atoms with van der Waals surface area (Å²) in [6.45, 7) is 2.08. The highest BCUT2D eigenvalue weighted by Crippen LogP contribution is 2.23. The minimum absolute atomic E-state index is 0.0441. The average Bonchev–Trinajstić information content (AvgIpc) is 3.05. The van der Waals surface area contributed by atoms with Crippen molar-refractivity contribution in [3.8, 4) is 16.9 Å². The third kappa shape index (κ3) is 12.6. The van der Waals surface area contributed by atoms with Gasteiger partial charge in [-0.15, -0.1) is 0 Å². The number of nitrogens with two attached hydrogens (primary N) is 1. The van der Waals surface area contributed by atoms with Crippen LogP contribution in [0.15, 0.2) is 102 Å². The van der Waals surface area contributed by atoms with Crippen LogP contribution in [0.4, 0.5) is 13.2 Å². The smallest absolute Gasteiger partial charge is 0.490 e. The molecule has 8 nitrogen and oxygen atoms in total. The van der Waals surface area contributed by atoms with Crippen LogP contribution in [0.2, 0.25) is 0 Å². The lowest BCUT2D eigenvalue weighted by atomic mass is 10.0. The molecule has 0 saturated carbocycles. The van der Waals surface area contributed by atoms with Gasteiger partial charge in [0, 0.05) is 29.7 Å². The van der Waals surface area contributed by atoms with Crippen LogP contribution in [-0.2, 0) is 29.0 Å². The first-order valence-electron chi connectivity index (χ1n) is 14.6. The number of carboxylic acid groups (broad SMARTS) is 1. The number of aliphatic carboxylic acids is 1. The number of carboxylic acids is 1. The second-order valence-electron chi connectivity index (χ2n) is 10.5. The molecule has 0 aliphatic rings. The molecule has 5 N–H and O–H groups in total. The Labute approximate surface area is 279 Å². The Morgan fingerprint density at radius 2 is 1.43 bits per heavy atom. The SMILES string of the molecule is NCCCNC(=O)c1cccc(-c2cccc(CN(CCc3ccc(O)cc3)C(=O)Cc3ccc(Br)cc3)c2)c1.O=C(O)C(F)(F)F. The number of nitrogens with zero attached hydrogens (tertiary/aromatic N) is 1. The van der Waals surface area contributed by atoms with Crippen LogP contribution in [0.25, 0.3) is 11.1 Å². The number of carbonyl (C=O) groups excluding carboxylic acids is 2. The summed E-state index contributed by atoms with van der Waals surface area (Å²) >= 11 is 3.45. The van der Waals surface area contributed by atoms with Gasteiger partial charge in [0.25, 0.3) is 5.91 Å². The zero-order valence-electron chi connectivity index (χ0n) is 25.3. The number of alkyl halides is 3. The lowest BCUT2D eigenvalue weighted by Gasteiger charge is -2.24. The minimum atomic E-state index is -5.08. The van der Waals surface area contributed by atoms with Crippen LogP contribution in [0.1, 0.15) is 33.5 Å². The maximum absolute atomic E-state index is 13.5. The van der Waals surface area contributed by atoms with Crippen LogP contribution < -0.4 is 11.1 Å². The largest absolute Gasteiger partial charge is 0.508 e. The molecule has 0 heterocycles. The number of phenolic OH excluding ortho intramolecular Hbond substituents is 1. The summed E-state index contributed by atoms with van der Waals surface area (Å²) in [7, 11) is 0. The van der Waals surface area contributed by atoms with E-state index in [1.807, 2.05) is 77.7 Å². The van der Waals surface area contributed by atoms with Crippen molar-refractivity contribution < 1.29 is 37.8 Å². The third-order valence-corrected chi connectivity index (χ3v) is 7.42. The van der Waals surface area contributed by atoms with Gasteiger partial charge in [-0.25, -0.2) is 4.79 Å². The van der Waals surface area contributed by atoms with Crippen molar-refractivity contribution in [1.82, 2.24) is 10.2 Å². The molecule has 0 bridgehead atoms. The Morgan fingerprint density at radius 1 is 0.830 bits per heavy atom. The Bertz CT molecular complexity index is 1630. The topological polar surface area (TPSA) is 133 Å². The molecular weight excluding hydrogens is 679 g/mol. The summed E-state index contributed by atoms with van der Waals surface area (Å²) in [6.07, 6.45) is -3.37. The normalized spacial score (nSPS) is 10.8. The molecule has 4 aromatic carbocycles. The molecular formula is C35H35BrF3N3O5. The molecule has 12 heteroatoms. The highest BCUT2D eigenvalue weighted by molar-refractivity contribution is 9.10. The van der Waals surface area contributed by atoms with E-state index in [0.717, 1.165) is 38.7 Å². The fourth-order valence-electron chi connectivity index (χ4n) is 4.42. The maximum atomic E-state index is 13.5. The number of nitrogens with one attached hydrogen (secondary N) is 1. The molecule has 0 aromatic heterocycles. The number of benzene rings is 4. The zero-order valence-corrected chi connectivity index (χ0v) is 26.9. The van der Waals surface area contributed by atoms with E-state index in [0.29, 0.717) is 44.6 Å². The van der Waals surface area contributed by atoms with Crippen LogP contribution in [0.3, 0.4) is 0 Å². The third-order valence-electron chi connectivity index (χ3n) is 6.90. The summed E-state index contributed by atoms with van der Waals surface area (Å²) in [5.41, 5.74) is 11.1. The van der Waals surface area contributed by atoms with E-state index in [1.54, 1.807) is 18.2 Å². The van der Waals surface area contributed by atoms with Crippen LogP contribution in [0.5, 0.6) is 5.75 Å². The number of rotatable bonds is 12. The summed E-state index contributed by atoms with van der Waals surface area (Å²) in [6, 6.07) is 30.5. The van der Waals surface area contributed by atoms with Gasteiger partial charge in [-0.3, -0.25) is 9.59 Å². The molecule has 0 atom stereocenters. The Kier molecular flexibility index (Phi) is 14.0. The quantitative estimate of drug-likeness (QED) is 0.127. The van der Waals surface area contributed by atoms with E-state index < -0.39 is 12.1 Å². The van der Waals surface area contributed by atoms with Crippen molar-refractivity contribution in [1.29, 1.82) is 0 Å². The second kappa shape index (κ2) is 17.9. The minimum Gasteiger partial charge on any atom is -0.508 e. The molecule has 0 spiro atoms. The number of hydrogen-bond acceptors (Lipinski definition) is 5. The Morgan fingerprint density at radius 3 is 2.04 bits per heavy atom. The van der Waals surface area contributed by atoms with Crippen molar-refractivity contribution >= 4 is 33.7 Å². The number of phenols is 1. The van der Waals surface area contributed by atoms with E-state index in [1.165, 1.54) is 0 Å². The molecule has 0 fully saturated rings. The van der Waals surface area contributed by atoms with Crippen molar-refractivity contribution in [2.24, 2.45) is 5.73 Å². The molecule has 4 aromatic rings. The molecule has 2 amide bonds. The first kappa shape index (κ1) is 36.8. The predicted octanol–water partition coefficient (Wildman–Crippen LogP) is 6.35. The van der Waals surface area contributed by atoms with Crippen LogP contribution >= 0.6 is 15.9 Å². The predicted molar refractivity (Wildman–Crippen MR) is 177 cm³/mol. The van der Waals surface area contributed by atoms with Crippen molar-refractivity contribution in [2.75, 3.05) is 19.6 Å². The maximum Gasteiger partial charge on any atom is 0.490 e. The monoisotopic (exact) mass is 713 g/mol. The zero-order chi connectivity index (χ0) is 34.4. The van der Waals surface area contributed by atoms with Gasteiger partial charge in [0.15, 0.2) is 0 Å². The van der Waals surface area contributed by atoms with Crippen molar-refractivity contribution in [3.63, 3.8) is 0 Å². The number of amides is 2. The second-order valence-corrected chi connectivity index (χ2v) is 11.4. The lowest BCUT2D eigenvalue weighted by Crippen LogP contribution is -2.33.